The first-order chi connectivity index (χ1) is 6.09. The maximum atomic E-state index is 10.2. The van der Waals surface area contributed by atoms with Crippen LogP contribution in [0.2, 0.25) is 1.41 Å². The van der Waals surface area contributed by atoms with Crippen LogP contribution in [0.25, 0.3) is 0 Å². The highest BCUT2D eigenvalue weighted by Gasteiger charge is 1.95. The second-order valence-corrected chi connectivity index (χ2v) is 2.23. The van der Waals surface area contributed by atoms with E-state index < -0.39 is 5.97 Å². The topological polar surface area (TPSA) is 69.6 Å². The molecule has 0 saturated heterocycles. The molecule has 4 heteroatoms. The van der Waals surface area contributed by atoms with Crippen LogP contribution in [0, 0.1) is 0 Å². The van der Waals surface area contributed by atoms with Crippen LogP contribution in [-0.4, -0.2) is 22.7 Å². The smallest absolute Gasteiger partial charge is 0.322 e. The first kappa shape index (κ1) is 6.97. The quantitative estimate of drug-likeness (QED) is 0.586. The molecule has 0 radical (unpaired) electrons. The van der Waals surface area contributed by atoms with E-state index in [-0.39, 0.29) is 12.3 Å². The molecule has 0 heterocycles. The Morgan fingerprint density at radius 3 is 2.58 bits per heavy atom. The molecule has 0 saturated carbocycles. The molecule has 0 aliphatic rings. The van der Waals surface area contributed by atoms with E-state index in [2.05, 4.69) is 0 Å². The molecule has 1 rings (SSSR count). The van der Waals surface area contributed by atoms with E-state index in [1.165, 1.54) is 24.3 Å². The molecule has 12 heavy (non-hydrogen) atoms. The fourth-order valence-electron chi connectivity index (χ4n) is 0.717. The molecule has 0 atom stereocenters. The second kappa shape index (κ2) is 3.61. The van der Waals surface area contributed by atoms with Gasteiger partial charge in [-0.25, -0.2) is 0 Å². The third-order valence-electron chi connectivity index (χ3n) is 1.25. The predicted molar refractivity (Wildman–Crippen MR) is 44.2 cm³/mol. The Kier molecular flexibility index (Phi) is 2.10. The van der Waals surface area contributed by atoms with Gasteiger partial charge in [0.1, 0.15) is 12.3 Å². The Morgan fingerprint density at radius 2 is 2.08 bits per heavy atom. The number of carboxylic acids is 1. The number of benzene rings is 1. The van der Waals surface area contributed by atoms with Gasteiger partial charge < -0.3 is 15.5 Å². The van der Waals surface area contributed by atoms with Crippen LogP contribution >= 0.6 is 0 Å². The van der Waals surface area contributed by atoms with Crippen molar-refractivity contribution in [2.24, 2.45) is 0 Å². The summed E-state index contributed by atoms with van der Waals surface area (Å²) in [7, 11) is 0. The van der Waals surface area contributed by atoms with Crippen molar-refractivity contribution in [2.75, 3.05) is 11.9 Å². The Labute approximate surface area is 70.9 Å². The number of hydrogen-bond acceptors (Lipinski definition) is 3. The van der Waals surface area contributed by atoms with Crippen LogP contribution in [-0.2, 0) is 4.79 Å². The highest BCUT2D eigenvalue weighted by molar-refractivity contribution is 5.72. The summed E-state index contributed by atoms with van der Waals surface area (Å²) in [6, 6.07) is 5.76. The molecule has 1 aromatic carbocycles. The lowest BCUT2D eigenvalue weighted by atomic mass is 10.3. The molecule has 0 aromatic heterocycles. The van der Waals surface area contributed by atoms with E-state index in [1.807, 2.05) is 0 Å². The molecule has 64 valence electrons. The van der Waals surface area contributed by atoms with Crippen LogP contribution in [0.1, 0.15) is 0 Å². The number of nitrogens with one attached hydrogen (secondary N) is 1. The van der Waals surface area contributed by atoms with Crippen LogP contribution in [0.3, 0.4) is 0 Å². The van der Waals surface area contributed by atoms with Crippen LogP contribution in [0.15, 0.2) is 24.3 Å². The van der Waals surface area contributed by atoms with E-state index in [0.29, 0.717) is 5.69 Å². The fourth-order valence-corrected chi connectivity index (χ4v) is 0.717. The van der Waals surface area contributed by atoms with Crippen LogP contribution in [0.5, 0.6) is 5.75 Å². The van der Waals surface area contributed by atoms with Crippen LogP contribution in [0.4, 0.5) is 5.69 Å². The molecule has 0 spiro atoms. The van der Waals surface area contributed by atoms with Crippen molar-refractivity contribution in [3.63, 3.8) is 0 Å². The molecule has 0 amide bonds. The molecule has 3 N–H and O–H groups in total. The zero-order chi connectivity index (χ0) is 9.84. The van der Waals surface area contributed by atoms with Crippen molar-refractivity contribution in [3.05, 3.63) is 24.3 Å². The average molecular weight is 168 g/mol. The number of aliphatic carboxylic acids is 1. The molecular weight excluding hydrogens is 158 g/mol. The third-order valence-corrected chi connectivity index (χ3v) is 1.25. The maximum Gasteiger partial charge on any atom is 0.322 e. The normalized spacial score (nSPS) is 10.5. The number of rotatable bonds is 3. The van der Waals surface area contributed by atoms with Gasteiger partial charge in [-0.1, -0.05) is 0 Å². The summed E-state index contributed by atoms with van der Waals surface area (Å²) in [4.78, 5) is 10.2. The minimum atomic E-state index is -1.07. The van der Waals surface area contributed by atoms with Gasteiger partial charge in [0.2, 0.25) is 0 Å². The third kappa shape index (κ3) is 2.49. The molecule has 0 bridgehead atoms. The molecule has 0 aliphatic heterocycles. The van der Waals surface area contributed by atoms with Gasteiger partial charge in [-0.15, -0.1) is 0 Å². The van der Waals surface area contributed by atoms with Gasteiger partial charge >= 0.3 is 5.97 Å². The van der Waals surface area contributed by atoms with E-state index in [1.54, 1.807) is 0 Å². The van der Waals surface area contributed by atoms with Gasteiger partial charge in [0.15, 0.2) is 1.41 Å². The number of hydrogen-bond donors (Lipinski definition) is 3. The minimum Gasteiger partial charge on any atom is -0.508 e. The van der Waals surface area contributed by atoms with Crippen molar-refractivity contribution in [3.8, 4) is 5.75 Å². The number of aromatic hydroxyl groups is 1. The van der Waals surface area contributed by atoms with Crippen molar-refractivity contribution in [1.29, 1.82) is 0 Å². The summed E-state index contributed by atoms with van der Waals surface area (Å²) in [6.45, 7) is -0.384. The minimum absolute atomic E-state index is 0.0903. The van der Waals surface area contributed by atoms with Crippen molar-refractivity contribution < 1.29 is 16.4 Å². The Bertz CT molecular complexity index is 299. The summed E-state index contributed by atoms with van der Waals surface area (Å²) in [5.41, 5.74) is 0.431. The predicted octanol–water partition coefficient (Wildman–Crippen LogP) is 0.889. The molecular formula is C8H9NO3. The van der Waals surface area contributed by atoms with Gasteiger partial charge in [-0.05, 0) is 24.3 Å². The van der Waals surface area contributed by atoms with E-state index >= 15 is 0 Å². The summed E-state index contributed by atoms with van der Waals surface area (Å²) in [6.07, 6.45) is 0. The van der Waals surface area contributed by atoms with Gasteiger partial charge in [0, 0.05) is 5.69 Å². The monoisotopic (exact) mass is 168 g/mol. The van der Waals surface area contributed by atoms with E-state index in [9.17, 15) is 4.79 Å². The Hall–Kier alpha value is -1.71. The summed E-state index contributed by atoms with van der Waals surface area (Å²) >= 11 is 0. The molecule has 1 aromatic rings. The summed E-state index contributed by atoms with van der Waals surface area (Å²) in [5, 5.41) is 18.1. The Balaban J connectivity index is 2.71. The molecule has 4 nitrogen and oxygen atoms in total. The largest absolute Gasteiger partial charge is 0.508 e. The zero-order valence-corrected chi connectivity index (χ0v) is 6.27. The van der Waals surface area contributed by atoms with Crippen molar-refractivity contribution >= 4 is 11.7 Å². The number of phenols is 1. The average Bonchev–Trinajstić information content (AvgIpc) is 2.04. The van der Waals surface area contributed by atoms with Gasteiger partial charge in [0.05, 0.1) is 0 Å². The van der Waals surface area contributed by atoms with Crippen LogP contribution < -0.4 is 5.31 Å². The van der Waals surface area contributed by atoms with Crippen molar-refractivity contribution in [2.45, 2.75) is 0 Å². The van der Waals surface area contributed by atoms with Crippen molar-refractivity contribution in [1.82, 2.24) is 0 Å². The summed E-state index contributed by atoms with van der Waals surface area (Å²) in [5.74, 6) is -0.976. The highest BCUT2D eigenvalue weighted by Crippen LogP contribution is 2.12. The fraction of sp³-hybridized carbons (Fsp3) is 0.125. The number of carbonyl (C=O) groups is 1. The molecule has 0 fully saturated rings. The first-order valence-corrected chi connectivity index (χ1v) is 3.37. The summed E-state index contributed by atoms with van der Waals surface area (Å²) < 4.78 is 7.28. The lowest BCUT2D eigenvalue weighted by molar-refractivity contribution is -0.134. The lowest BCUT2D eigenvalue weighted by Gasteiger charge is -2.01. The highest BCUT2D eigenvalue weighted by atomic mass is 16.4. The van der Waals surface area contributed by atoms with Gasteiger partial charge in [-0.2, -0.15) is 0 Å². The molecule has 0 unspecified atom stereocenters. The van der Waals surface area contributed by atoms with E-state index in [4.69, 9.17) is 11.6 Å². The molecule has 0 aliphatic carbocycles. The lowest BCUT2D eigenvalue weighted by Crippen LogP contribution is -2.11. The second-order valence-electron chi connectivity index (χ2n) is 2.23. The zero-order valence-electron chi connectivity index (χ0n) is 7.27. The Morgan fingerprint density at radius 1 is 1.50 bits per heavy atom. The standard InChI is InChI=1S/C8H9NO3/c10-7-3-1-6(2-4-7)9-5-8(11)12/h1-4,9-10H,5H2,(H,11,12)/i/hD. The number of anilines is 1. The first-order valence-electron chi connectivity index (χ1n) is 3.81. The SMILES string of the molecule is [2H]N(CC(=O)O)c1ccc(O)cc1. The van der Waals surface area contributed by atoms with E-state index in [0.717, 1.165) is 5.31 Å². The maximum absolute atomic E-state index is 10.2. The van der Waals surface area contributed by atoms with Gasteiger partial charge in [-0.3, -0.25) is 4.79 Å². The number of carboxylic acid groups (broad SMARTS) is 1. The van der Waals surface area contributed by atoms with Gasteiger partial charge in [0.25, 0.3) is 0 Å². The number of phenolic OH excluding ortho intramolecular Hbond substituents is 1.